The number of amides is 2. The van der Waals surface area contributed by atoms with Gasteiger partial charge in [0.25, 0.3) is 5.24 Å². The van der Waals surface area contributed by atoms with Crippen LogP contribution in [0.1, 0.15) is 19.8 Å². The van der Waals surface area contributed by atoms with Gasteiger partial charge in [0, 0.05) is 44.3 Å². The molecular weight excluding hydrogens is 288 g/mol. The third kappa shape index (κ3) is 7.15. The number of hydrogen-bond acceptors (Lipinski definition) is 4. The lowest BCUT2D eigenvalue weighted by atomic mass is 10.2. The molecule has 0 aliphatic heterocycles. The summed E-state index contributed by atoms with van der Waals surface area (Å²) in [6.07, 6.45) is 1.13. The van der Waals surface area contributed by atoms with Crippen LogP contribution in [0.3, 0.4) is 0 Å². The molecule has 0 bridgehead atoms. The van der Waals surface area contributed by atoms with Crippen LogP contribution < -0.4 is 5.32 Å². The van der Waals surface area contributed by atoms with E-state index < -0.39 is 0 Å². The van der Waals surface area contributed by atoms with E-state index >= 15 is 0 Å². The van der Waals surface area contributed by atoms with Gasteiger partial charge in [-0.1, -0.05) is 6.07 Å². The van der Waals surface area contributed by atoms with Crippen LogP contribution in [0.5, 0.6) is 0 Å². The highest BCUT2D eigenvalue weighted by molar-refractivity contribution is 8.13. The van der Waals surface area contributed by atoms with Crippen LogP contribution in [-0.2, 0) is 9.53 Å². The lowest BCUT2D eigenvalue weighted by Gasteiger charge is -2.10. The number of nitrogens with zero attached hydrogens (tertiary/aromatic N) is 1. The fourth-order valence-corrected chi connectivity index (χ4v) is 2.25. The molecule has 0 atom stereocenters. The van der Waals surface area contributed by atoms with Crippen molar-refractivity contribution in [1.29, 1.82) is 0 Å². The van der Waals surface area contributed by atoms with E-state index in [0.29, 0.717) is 31.7 Å². The summed E-state index contributed by atoms with van der Waals surface area (Å²) in [4.78, 5) is 25.7. The number of rotatable bonds is 7. The molecule has 0 heterocycles. The van der Waals surface area contributed by atoms with Gasteiger partial charge in [-0.2, -0.15) is 0 Å². The summed E-state index contributed by atoms with van der Waals surface area (Å²) in [5.74, 6) is -0.0456. The van der Waals surface area contributed by atoms with Gasteiger partial charge in [0.05, 0.1) is 0 Å². The van der Waals surface area contributed by atoms with Crippen molar-refractivity contribution < 1.29 is 14.3 Å². The highest BCUT2D eigenvalue weighted by Gasteiger charge is 2.08. The Morgan fingerprint density at radius 3 is 2.76 bits per heavy atom. The summed E-state index contributed by atoms with van der Waals surface area (Å²) in [5.41, 5.74) is 0.702. The molecule has 0 fully saturated rings. The van der Waals surface area contributed by atoms with Crippen LogP contribution in [0, 0.1) is 0 Å². The van der Waals surface area contributed by atoms with Gasteiger partial charge < -0.3 is 15.0 Å². The molecule has 0 unspecified atom stereocenters. The van der Waals surface area contributed by atoms with E-state index in [1.807, 2.05) is 25.1 Å². The van der Waals surface area contributed by atoms with Crippen LogP contribution in [0.2, 0.25) is 0 Å². The molecule has 0 aromatic heterocycles. The molecule has 2 amide bonds. The van der Waals surface area contributed by atoms with Gasteiger partial charge >= 0.3 is 0 Å². The smallest absolute Gasteiger partial charge is 0.285 e. The zero-order chi connectivity index (χ0) is 15.7. The Kier molecular flexibility index (Phi) is 7.85. The fourth-order valence-electron chi connectivity index (χ4n) is 1.53. The SMILES string of the molecule is CCOCCCC(=O)Nc1cccc(SC(=O)N(C)C)c1. The van der Waals surface area contributed by atoms with E-state index in [1.165, 1.54) is 4.90 Å². The molecule has 0 saturated heterocycles. The Morgan fingerprint density at radius 2 is 2.10 bits per heavy atom. The quantitative estimate of drug-likeness (QED) is 0.620. The first kappa shape index (κ1) is 17.5. The number of hydrogen-bond donors (Lipinski definition) is 1. The topological polar surface area (TPSA) is 58.6 Å². The van der Waals surface area contributed by atoms with Gasteiger partial charge in [-0.15, -0.1) is 0 Å². The normalized spacial score (nSPS) is 10.2. The van der Waals surface area contributed by atoms with Gasteiger partial charge in [0.15, 0.2) is 0 Å². The molecule has 0 aliphatic rings. The van der Waals surface area contributed by atoms with E-state index in [9.17, 15) is 9.59 Å². The lowest BCUT2D eigenvalue weighted by molar-refractivity contribution is -0.116. The second kappa shape index (κ2) is 9.41. The average Bonchev–Trinajstić information content (AvgIpc) is 2.44. The Balaban J connectivity index is 2.48. The first-order valence-corrected chi connectivity index (χ1v) is 7.71. The van der Waals surface area contributed by atoms with Crippen molar-refractivity contribution in [3.63, 3.8) is 0 Å². The maximum Gasteiger partial charge on any atom is 0.285 e. The summed E-state index contributed by atoms with van der Waals surface area (Å²) >= 11 is 1.13. The van der Waals surface area contributed by atoms with E-state index in [2.05, 4.69) is 5.32 Å². The molecule has 6 heteroatoms. The van der Waals surface area contributed by atoms with E-state index in [1.54, 1.807) is 20.2 Å². The Hall–Kier alpha value is -1.53. The first-order valence-electron chi connectivity index (χ1n) is 6.89. The van der Waals surface area contributed by atoms with Crippen molar-refractivity contribution in [2.45, 2.75) is 24.7 Å². The molecule has 0 radical (unpaired) electrons. The number of carbonyl (C=O) groups excluding carboxylic acids is 2. The summed E-state index contributed by atoms with van der Waals surface area (Å²) in [5, 5.41) is 2.78. The fraction of sp³-hybridized carbons (Fsp3) is 0.467. The maximum absolute atomic E-state index is 11.8. The van der Waals surface area contributed by atoms with Crippen LogP contribution in [-0.4, -0.2) is 43.4 Å². The monoisotopic (exact) mass is 310 g/mol. The molecule has 1 aromatic rings. The summed E-state index contributed by atoms with van der Waals surface area (Å²) in [6, 6.07) is 7.27. The van der Waals surface area contributed by atoms with Gasteiger partial charge in [-0.05, 0) is 43.3 Å². The standard InChI is InChI=1S/C15H22N2O3S/c1-4-20-10-6-9-14(18)16-12-7-5-8-13(11-12)21-15(19)17(2)3/h5,7-8,11H,4,6,9-10H2,1-3H3,(H,16,18). The van der Waals surface area contributed by atoms with Crippen LogP contribution in [0.4, 0.5) is 10.5 Å². The highest BCUT2D eigenvalue weighted by atomic mass is 32.2. The molecule has 5 nitrogen and oxygen atoms in total. The second-order valence-corrected chi connectivity index (χ2v) is 5.66. The lowest BCUT2D eigenvalue weighted by Crippen LogP contribution is -2.16. The van der Waals surface area contributed by atoms with E-state index in [0.717, 1.165) is 16.7 Å². The van der Waals surface area contributed by atoms with Crippen LogP contribution >= 0.6 is 11.8 Å². The minimum absolute atomic E-state index is 0.0456. The minimum atomic E-state index is -0.0461. The molecule has 1 N–H and O–H groups in total. The Morgan fingerprint density at radius 1 is 1.33 bits per heavy atom. The first-order chi connectivity index (χ1) is 10.0. The zero-order valence-corrected chi connectivity index (χ0v) is 13.5. The molecule has 1 aromatic carbocycles. The highest BCUT2D eigenvalue weighted by Crippen LogP contribution is 2.23. The van der Waals surface area contributed by atoms with Crippen molar-refractivity contribution in [3.05, 3.63) is 24.3 Å². The molecule has 0 spiro atoms. The Bertz CT molecular complexity index is 478. The number of anilines is 1. The summed E-state index contributed by atoms with van der Waals surface area (Å²) in [7, 11) is 3.42. The van der Waals surface area contributed by atoms with Gasteiger partial charge in [0.1, 0.15) is 0 Å². The number of carbonyl (C=O) groups is 2. The predicted octanol–water partition coefficient (Wildman–Crippen LogP) is 3.22. The Labute approximate surface area is 130 Å². The summed E-state index contributed by atoms with van der Waals surface area (Å²) < 4.78 is 5.19. The average molecular weight is 310 g/mol. The van der Waals surface area contributed by atoms with Crippen molar-refractivity contribution in [3.8, 4) is 0 Å². The van der Waals surface area contributed by atoms with Crippen LogP contribution in [0.15, 0.2) is 29.2 Å². The third-order valence-electron chi connectivity index (χ3n) is 2.58. The summed E-state index contributed by atoms with van der Waals surface area (Å²) in [6.45, 7) is 3.19. The molecule has 0 aliphatic carbocycles. The minimum Gasteiger partial charge on any atom is -0.382 e. The number of nitrogens with one attached hydrogen (secondary N) is 1. The van der Waals surface area contributed by atoms with Gasteiger partial charge in [-0.25, -0.2) is 0 Å². The van der Waals surface area contributed by atoms with E-state index in [4.69, 9.17) is 4.74 Å². The second-order valence-electron chi connectivity index (χ2n) is 4.64. The van der Waals surface area contributed by atoms with Crippen LogP contribution in [0.25, 0.3) is 0 Å². The predicted molar refractivity (Wildman–Crippen MR) is 85.7 cm³/mol. The van der Waals surface area contributed by atoms with Crippen molar-refractivity contribution >= 4 is 28.6 Å². The van der Waals surface area contributed by atoms with Crippen molar-refractivity contribution in [2.75, 3.05) is 32.6 Å². The number of ether oxygens (including phenoxy) is 1. The van der Waals surface area contributed by atoms with E-state index in [-0.39, 0.29) is 11.1 Å². The molecular formula is C15H22N2O3S. The van der Waals surface area contributed by atoms with Gasteiger partial charge in [-0.3, -0.25) is 9.59 Å². The number of thioether (sulfide) groups is 1. The molecule has 0 saturated carbocycles. The largest absolute Gasteiger partial charge is 0.382 e. The van der Waals surface area contributed by atoms with Crippen molar-refractivity contribution in [1.82, 2.24) is 4.90 Å². The zero-order valence-electron chi connectivity index (χ0n) is 12.7. The maximum atomic E-state index is 11.8. The molecule has 116 valence electrons. The van der Waals surface area contributed by atoms with Crippen molar-refractivity contribution in [2.24, 2.45) is 0 Å². The third-order valence-corrected chi connectivity index (χ3v) is 3.61. The molecule has 21 heavy (non-hydrogen) atoms. The number of benzene rings is 1. The van der Waals surface area contributed by atoms with Gasteiger partial charge in [0.2, 0.25) is 5.91 Å². The molecule has 1 rings (SSSR count).